The van der Waals surface area contributed by atoms with Crippen LogP contribution in [0.4, 0.5) is 0 Å². The van der Waals surface area contributed by atoms with E-state index >= 15 is 0 Å². The number of fused-ring (bicyclic) bond motifs is 6. The van der Waals surface area contributed by atoms with Crippen molar-refractivity contribution < 1.29 is 14.5 Å². The third kappa shape index (κ3) is 2.23. The Labute approximate surface area is 83.6 Å². The molecule has 0 saturated carbocycles. The summed E-state index contributed by atoms with van der Waals surface area (Å²) in [6, 6.07) is 3.37. The average molecular weight is 224 g/mol. The number of hydrogen-bond donors (Lipinski definition) is 0. The highest BCUT2D eigenvalue weighted by Gasteiger charge is 2.36. The molecule has 0 radical (unpaired) electrons. The van der Waals surface area contributed by atoms with E-state index in [0.29, 0.717) is 19.8 Å². The maximum atomic E-state index is 6.04. The summed E-state index contributed by atoms with van der Waals surface area (Å²) in [5.41, 5.74) is 0.795. The fourth-order valence-electron chi connectivity index (χ4n) is 1.70. The van der Waals surface area contributed by atoms with Crippen LogP contribution in [-0.4, -0.2) is 38.8 Å². The third-order valence-electron chi connectivity index (χ3n) is 2.77. The van der Waals surface area contributed by atoms with Crippen molar-refractivity contribution >= 4 is 19.7 Å². The van der Waals surface area contributed by atoms with Gasteiger partial charge >= 0.3 is 0 Å². The summed E-state index contributed by atoms with van der Waals surface area (Å²) in [6.45, 7) is 2.04. The highest BCUT2D eigenvalue weighted by Crippen LogP contribution is 2.27. The van der Waals surface area contributed by atoms with Crippen LogP contribution in [0.25, 0.3) is 0 Å². The van der Waals surface area contributed by atoms with Gasteiger partial charge in [0.25, 0.3) is 0 Å². The first-order valence-corrected chi connectivity index (χ1v) is 7.96. The molecule has 3 aliphatic rings. The predicted octanol–water partition coefficient (Wildman–Crippen LogP) is 1.34. The van der Waals surface area contributed by atoms with Crippen LogP contribution in [0.1, 0.15) is 0 Å². The second kappa shape index (κ2) is 4.25. The molecule has 3 rings (SSSR count). The average Bonchev–Trinajstić information content (AvgIpc) is 2.01. The summed E-state index contributed by atoms with van der Waals surface area (Å²) < 4.78 is 0. The van der Waals surface area contributed by atoms with Crippen LogP contribution in [0, 0.1) is 0 Å². The van der Waals surface area contributed by atoms with Crippen molar-refractivity contribution in [3.05, 3.63) is 0 Å². The molecule has 0 spiro atoms. The molecule has 3 aliphatic heterocycles. The fraction of sp³-hybridized carbons (Fsp3) is 1.00. The largest absolute Gasteiger partial charge is 0.251 e. The van der Waals surface area contributed by atoms with Crippen molar-refractivity contribution in [2.24, 2.45) is 0 Å². The summed E-state index contributed by atoms with van der Waals surface area (Å²) in [7, 11) is -1.34. The summed E-state index contributed by atoms with van der Waals surface area (Å²) in [5, 5.41) is 1.16. The predicted molar refractivity (Wildman–Crippen MR) is 50.6 cm³/mol. The first kappa shape index (κ1) is 9.89. The highest BCUT2D eigenvalue weighted by molar-refractivity contribution is 6.85. The normalized spacial score (nSPS) is 40.8. The van der Waals surface area contributed by atoms with Crippen LogP contribution in [0.2, 0.25) is 18.1 Å². The third-order valence-corrected chi connectivity index (χ3v) is 8.83. The molecule has 6 heteroatoms. The van der Waals surface area contributed by atoms with E-state index in [9.17, 15) is 0 Å². The maximum Gasteiger partial charge on any atom is 0.0770 e. The van der Waals surface area contributed by atoms with Gasteiger partial charge in [0.05, 0.1) is 33.3 Å². The van der Waals surface area contributed by atoms with Crippen molar-refractivity contribution in [3.63, 3.8) is 0 Å². The molecule has 0 aromatic heterocycles. The second-order valence-corrected chi connectivity index (χ2v) is 9.18. The lowest BCUT2D eigenvalue weighted by Gasteiger charge is -2.36. The molecule has 3 fully saturated rings. The Morgan fingerprint density at radius 1 is 1.00 bits per heavy atom. The van der Waals surface area contributed by atoms with Gasteiger partial charge in [-0.25, -0.2) is 0 Å². The summed E-state index contributed by atoms with van der Waals surface area (Å²) >= 11 is 6.04. The topological polar surface area (TPSA) is 30.9 Å². The Morgan fingerprint density at radius 3 is 1.85 bits per heavy atom. The zero-order valence-electron chi connectivity index (χ0n) is 7.50. The molecule has 0 aliphatic carbocycles. The zero-order valence-corrected chi connectivity index (χ0v) is 9.26. The number of alkyl halides is 1. The molecule has 0 aromatic rings. The first-order valence-electron chi connectivity index (χ1n) is 4.60. The molecule has 0 aromatic carbocycles. The highest BCUT2D eigenvalue weighted by atomic mass is 35.5. The maximum absolute atomic E-state index is 6.04. The molecule has 13 heavy (non-hydrogen) atoms. The molecular weight excluding hydrogens is 210 g/mol. The van der Waals surface area contributed by atoms with Gasteiger partial charge in [0.2, 0.25) is 0 Å². The van der Waals surface area contributed by atoms with Gasteiger partial charge in [-0.1, -0.05) is 0 Å². The SMILES string of the molecule is ClC[Si]12CCON(OCC1)OCC2. The van der Waals surface area contributed by atoms with Gasteiger partial charge in [0, 0.05) is 5.50 Å². The number of rotatable bonds is 1. The van der Waals surface area contributed by atoms with E-state index in [1.165, 1.54) is 0 Å². The lowest BCUT2D eigenvalue weighted by molar-refractivity contribution is -0.525. The van der Waals surface area contributed by atoms with E-state index in [1.54, 1.807) is 0 Å². The number of hydrogen-bond acceptors (Lipinski definition) is 4. The van der Waals surface area contributed by atoms with Crippen LogP contribution < -0.4 is 0 Å². The first-order chi connectivity index (χ1) is 6.35. The van der Waals surface area contributed by atoms with Crippen LogP contribution in [0.5, 0.6) is 0 Å². The minimum absolute atomic E-state index is 0.680. The minimum atomic E-state index is -1.34. The van der Waals surface area contributed by atoms with E-state index in [1.807, 2.05) is 0 Å². The Morgan fingerprint density at radius 2 is 1.46 bits per heavy atom. The van der Waals surface area contributed by atoms with Crippen LogP contribution >= 0.6 is 11.6 Å². The second-order valence-electron chi connectivity index (χ2n) is 3.61. The summed E-state index contributed by atoms with van der Waals surface area (Å²) in [4.78, 5) is 15.7. The molecule has 76 valence electrons. The minimum Gasteiger partial charge on any atom is -0.251 e. The lowest BCUT2D eigenvalue weighted by atomic mass is 10.8. The lowest BCUT2D eigenvalue weighted by Crippen LogP contribution is -2.47. The summed E-state index contributed by atoms with van der Waals surface area (Å²) in [5.74, 6) is 0. The van der Waals surface area contributed by atoms with Crippen molar-refractivity contribution in [3.8, 4) is 0 Å². The van der Waals surface area contributed by atoms with Crippen molar-refractivity contribution in [2.45, 2.75) is 18.1 Å². The van der Waals surface area contributed by atoms with Crippen molar-refractivity contribution in [2.75, 3.05) is 25.3 Å². The molecule has 3 saturated heterocycles. The zero-order chi connectivity index (χ0) is 9.15. The smallest absolute Gasteiger partial charge is 0.0770 e. The Balaban J connectivity index is 2.07. The monoisotopic (exact) mass is 223 g/mol. The van der Waals surface area contributed by atoms with Gasteiger partial charge < -0.3 is 0 Å². The standard InChI is InChI=1S/C7H14ClNO3Si/c8-7-13-4-1-10-9(11-2-5-13)12-3-6-13/h1-7H2. The van der Waals surface area contributed by atoms with E-state index in [4.69, 9.17) is 26.1 Å². The number of nitrogens with zero attached hydrogens (tertiary/aromatic N) is 1. The summed E-state index contributed by atoms with van der Waals surface area (Å²) in [6.07, 6.45) is 0. The van der Waals surface area contributed by atoms with Crippen molar-refractivity contribution in [1.82, 2.24) is 5.39 Å². The molecule has 4 nitrogen and oxygen atoms in total. The van der Waals surface area contributed by atoms with Crippen LogP contribution in [0.15, 0.2) is 0 Å². The van der Waals surface area contributed by atoms with E-state index < -0.39 is 8.07 Å². The molecule has 0 unspecified atom stereocenters. The van der Waals surface area contributed by atoms with E-state index in [0.717, 1.165) is 29.0 Å². The van der Waals surface area contributed by atoms with Crippen LogP contribution in [-0.2, 0) is 14.5 Å². The molecule has 0 N–H and O–H groups in total. The molecule has 2 bridgehead atoms. The van der Waals surface area contributed by atoms with Gasteiger partial charge in [-0.2, -0.15) is 0 Å². The van der Waals surface area contributed by atoms with Gasteiger partial charge in [-0.3, -0.25) is 14.5 Å². The van der Waals surface area contributed by atoms with Gasteiger partial charge in [-0.15, -0.1) is 11.6 Å². The Hall–Kier alpha value is 0.347. The quantitative estimate of drug-likeness (QED) is 0.496. The van der Waals surface area contributed by atoms with Gasteiger partial charge in [-0.05, 0) is 18.1 Å². The molecule has 3 heterocycles. The van der Waals surface area contributed by atoms with E-state index in [2.05, 4.69) is 0 Å². The van der Waals surface area contributed by atoms with Gasteiger partial charge in [0.15, 0.2) is 0 Å². The fourth-order valence-corrected chi connectivity index (χ4v) is 5.62. The molecule has 0 atom stereocenters. The van der Waals surface area contributed by atoms with Gasteiger partial charge in [0.1, 0.15) is 0 Å². The molecular formula is C7H14ClNO3Si. The Kier molecular flexibility index (Phi) is 3.23. The van der Waals surface area contributed by atoms with Crippen LogP contribution in [0.3, 0.4) is 0 Å². The molecule has 0 amide bonds. The van der Waals surface area contributed by atoms with E-state index in [-0.39, 0.29) is 0 Å². The number of halogens is 1. The Bertz CT molecular complexity index is 157. The van der Waals surface area contributed by atoms with Crippen molar-refractivity contribution in [1.29, 1.82) is 0 Å².